The number of nitrogens with zero attached hydrogens (tertiary/aromatic N) is 4. The van der Waals surface area contributed by atoms with Crippen LogP contribution in [-0.4, -0.2) is 58.8 Å². The van der Waals surface area contributed by atoms with Gasteiger partial charge in [-0.05, 0) is 23.8 Å². The van der Waals surface area contributed by atoms with Gasteiger partial charge in [0.05, 0.1) is 13.2 Å². The zero-order valence-corrected chi connectivity index (χ0v) is 17.9. The lowest BCUT2D eigenvalue weighted by Crippen LogP contribution is -2.36. The van der Waals surface area contributed by atoms with Crippen LogP contribution in [0.5, 0.6) is 0 Å². The van der Waals surface area contributed by atoms with Crippen LogP contribution in [0.15, 0.2) is 28.8 Å². The van der Waals surface area contributed by atoms with Crippen LogP contribution in [0.2, 0.25) is 0 Å². The summed E-state index contributed by atoms with van der Waals surface area (Å²) in [5.41, 5.74) is 2.25. The summed E-state index contributed by atoms with van der Waals surface area (Å²) in [7, 11) is 0. The van der Waals surface area contributed by atoms with Crippen molar-refractivity contribution in [3.05, 3.63) is 35.7 Å². The van der Waals surface area contributed by atoms with E-state index in [9.17, 15) is 4.79 Å². The highest BCUT2D eigenvalue weighted by Gasteiger charge is 2.22. The van der Waals surface area contributed by atoms with Gasteiger partial charge in [0.25, 0.3) is 0 Å². The molecule has 0 saturated carbocycles. The average molecular weight is 401 g/mol. The normalized spacial score (nSPS) is 15.7. The van der Waals surface area contributed by atoms with Gasteiger partial charge in [-0.25, -0.2) is 4.79 Å². The van der Waals surface area contributed by atoms with E-state index < -0.39 is 0 Å². The molecular formula is C22H32N4O3. The highest BCUT2D eigenvalue weighted by atomic mass is 16.6. The number of rotatable bonds is 6. The molecule has 1 aromatic heterocycles. The zero-order chi connectivity index (χ0) is 20.8. The molecule has 0 bridgehead atoms. The number of amides is 1. The van der Waals surface area contributed by atoms with E-state index in [1.54, 1.807) is 4.90 Å². The van der Waals surface area contributed by atoms with E-state index in [1.807, 2.05) is 26.0 Å². The standard InChI is InChI=1S/C22H32N4O3/c1-16(2)15-28-22(27)26-11-5-10-25(12-13-26)14-20-23-21(24-29-20)19-8-6-18(7-9-19)17(3)4/h6-9,16-17H,5,10-15H2,1-4H3. The Morgan fingerprint density at radius 1 is 1.10 bits per heavy atom. The van der Waals surface area contributed by atoms with Gasteiger partial charge in [-0.15, -0.1) is 0 Å². The van der Waals surface area contributed by atoms with Crippen molar-refractivity contribution in [3.63, 3.8) is 0 Å². The van der Waals surface area contributed by atoms with Gasteiger partial charge in [-0.3, -0.25) is 4.90 Å². The minimum absolute atomic E-state index is 0.217. The van der Waals surface area contributed by atoms with E-state index in [4.69, 9.17) is 9.26 Å². The Balaban J connectivity index is 1.54. The van der Waals surface area contributed by atoms with Gasteiger partial charge in [-0.1, -0.05) is 57.1 Å². The Hall–Kier alpha value is -2.41. The van der Waals surface area contributed by atoms with Crippen LogP contribution >= 0.6 is 0 Å². The molecule has 158 valence electrons. The molecule has 0 atom stereocenters. The molecule has 0 unspecified atom stereocenters. The molecule has 7 nitrogen and oxygen atoms in total. The first kappa shape index (κ1) is 21.3. The monoisotopic (exact) mass is 400 g/mol. The lowest BCUT2D eigenvalue weighted by atomic mass is 10.0. The number of ether oxygens (including phenoxy) is 1. The van der Waals surface area contributed by atoms with Crippen molar-refractivity contribution in [2.24, 2.45) is 5.92 Å². The van der Waals surface area contributed by atoms with Crippen LogP contribution in [0.4, 0.5) is 4.79 Å². The predicted molar refractivity (Wildman–Crippen MR) is 111 cm³/mol. The number of benzene rings is 1. The third kappa shape index (κ3) is 6.03. The molecule has 0 radical (unpaired) electrons. The summed E-state index contributed by atoms with van der Waals surface area (Å²) in [6.45, 7) is 12.5. The lowest BCUT2D eigenvalue weighted by molar-refractivity contribution is 0.0928. The van der Waals surface area contributed by atoms with Crippen LogP contribution in [0.3, 0.4) is 0 Å². The van der Waals surface area contributed by atoms with Crippen LogP contribution in [0.25, 0.3) is 11.4 Å². The molecule has 7 heteroatoms. The molecule has 1 fully saturated rings. The molecule has 0 aliphatic carbocycles. The number of carbonyl (C=O) groups excluding carboxylic acids is 1. The second-order valence-electron chi connectivity index (χ2n) is 8.38. The highest BCUT2D eigenvalue weighted by molar-refractivity contribution is 5.67. The van der Waals surface area contributed by atoms with E-state index in [2.05, 4.69) is 41.0 Å². The second kappa shape index (κ2) is 9.87. The van der Waals surface area contributed by atoms with Gasteiger partial charge < -0.3 is 14.2 Å². The smallest absolute Gasteiger partial charge is 0.409 e. The minimum atomic E-state index is -0.217. The fourth-order valence-corrected chi connectivity index (χ4v) is 3.29. The SMILES string of the molecule is CC(C)COC(=O)N1CCCN(Cc2nc(-c3ccc(C(C)C)cc3)no2)CC1. The fourth-order valence-electron chi connectivity index (χ4n) is 3.29. The molecule has 1 aliphatic rings. The number of aromatic nitrogens is 2. The largest absolute Gasteiger partial charge is 0.449 e. The van der Waals surface area contributed by atoms with Crippen LogP contribution in [0.1, 0.15) is 51.5 Å². The molecule has 2 heterocycles. The molecule has 0 N–H and O–H groups in total. The zero-order valence-electron chi connectivity index (χ0n) is 17.9. The van der Waals surface area contributed by atoms with Crippen molar-refractivity contribution < 1.29 is 14.1 Å². The Labute approximate surface area is 173 Å². The third-order valence-electron chi connectivity index (χ3n) is 5.05. The van der Waals surface area contributed by atoms with E-state index in [0.717, 1.165) is 25.1 Å². The molecule has 1 saturated heterocycles. The summed E-state index contributed by atoms with van der Waals surface area (Å²) >= 11 is 0. The summed E-state index contributed by atoms with van der Waals surface area (Å²) in [4.78, 5) is 20.8. The van der Waals surface area contributed by atoms with Gasteiger partial charge in [0, 0.05) is 31.7 Å². The van der Waals surface area contributed by atoms with Crippen LogP contribution in [0, 0.1) is 5.92 Å². The van der Waals surface area contributed by atoms with Crippen molar-refractivity contribution in [2.75, 3.05) is 32.8 Å². The van der Waals surface area contributed by atoms with Crippen molar-refractivity contribution in [3.8, 4) is 11.4 Å². The predicted octanol–water partition coefficient (Wildman–Crippen LogP) is 4.16. The molecular weight excluding hydrogens is 368 g/mol. The van der Waals surface area contributed by atoms with Crippen molar-refractivity contribution >= 4 is 6.09 Å². The van der Waals surface area contributed by atoms with Crippen molar-refractivity contribution in [1.82, 2.24) is 19.9 Å². The Kier molecular flexibility index (Phi) is 7.25. The van der Waals surface area contributed by atoms with Crippen molar-refractivity contribution in [2.45, 2.75) is 46.6 Å². The quantitative estimate of drug-likeness (QED) is 0.725. The fraction of sp³-hybridized carbons (Fsp3) is 0.591. The number of hydrogen-bond acceptors (Lipinski definition) is 6. The summed E-state index contributed by atoms with van der Waals surface area (Å²) in [6, 6.07) is 8.29. The maximum Gasteiger partial charge on any atom is 0.409 e. The van der Waals surface area contributed by atoms with Gasteiger partial charge >= 0.3 is 6.09 Å². The summed E-state index contributed by atoms with van der Waals surface area (Å²) < 4.78 is 10.8. The van der Waals surface area contributed by atoms with Gasteiger partial charge in [0.2, 0.25) is 11.7 Å². The first-order valence-electron chi connectivity index (χ1n) is 10.5. The molecule has 1 aliphatic heterocycles. The van der Waals surface area contributed by atoms with E-state index in [0.29, 0.717) is 49.8 Å². The van der Waals surface area contributed by atoms with Crippen molar-refractivity contribution in [1.29, 1.82) is 0 Å². The molecule has 2 aromatic rings. The number of carbonyl (C=O) groups is 1. The van der Waals surface area contributed by atoms with Crippen LogP contribution < -0.4 is 0 Å². The molecule has 3 rings (SSSR count). The van der Waals surface area contributed by atoms with Gasteiger partial charge in [0.1, 0.15) is 0 Å². The van der Waals surface area contributed by atoms with Gasteiger partial charge in [0.15, 0.2) is 0 Å². The van der Waals surface area contributed by atoms with E-state index in [-0.39, 0.29) is 6.09 Å². The third-order valence-corrected chi connectivity index (χ3v) is 5.05. The maximum absolute atomic E-state index is 12.2. The molecule has 0 spiro atoms. The summed E-state index contributed by atoms with van der Waals surface area (Å²) in [6.07, 6.45) is 0.680. The Bertz CT molecular complexity index is 786. The summed E-state index contributed by atoms with van der Waals surface area (Å²) in [5.74, 6) is 2.05. The number of hydrogen-bond donors (Lipinski definition) is 0. The lowest BCUT2D eigenvalue weighted by Gasteiger charge is -2.21. The first-order chi connectivity index (χ1) is 13.9. The highest BCUT2D eigenvalue weighted by Crippen LogP contribution is 2.21. The van der Waals surface area contributed by atoms with E-state index >= 15 is 0 Å². The molecule has 29 heavy (non-hydrogen) atoms. The molecule has 1 aromatic carbocycles. The summed E-state index contributed by atoms with van der Waals surface area (Å²) in [5, 5.41) is 4.14. The first-order valence-corrected chi connectivity index (χ1v) is 10.5. The van der Waals surface area contributed by atoms with Gasteiger partial charge in [-0.2, -0.15) is 4.98 Å². The second-order valence-corrected chi connectivity index (χ2v) is 8.38. The topological polar surface area (TPSA) is 71.7 Å². The van der Waals surface area contributed by atoms with E-state index in [1.165, 1.54) is 5.56 Å². The minimum Gasteiger partial charge on any atom is -0.449 e. The average Bonchev–Trinajstić information content (AvgIpc) is 3.04. The molecule has 1 amide bonds. The Morgan fingerprint density at radius 2 is 1.86 bits per heavy atom. The van der Waals surface area contributed by atoms with Crippen LogP contribution in [-0.2, 0) is 11.3 Å². The maximum atomic E-state index is 12.2. The Morgan fingerprint density at radius 3 is 2.55 bits per heavy atom.